The monoisotopic (exact) mass is 302 g/mol. The molecule has 1 amide bonds. The summed E-state index contributed by atoms with van der Waals surface area (Å²) in [4.78, 5) is 23.7. The van der Waals surface area contributed by atoms with Gasteiger partial charge in [-0.1, -0.05) is 0 Å². The summed E-state index contributed by atoms with van der Waals surface area (Å²) in [7, 11) is -2.44. The lowest BCUT2D eigenvalue weighted by Crippen LogP contribution is -2.48. The predicted octanol–water partition coefficient (Wildman–Crippen LogP) is -0.993. The average Bonchev–Trinajstić information content (AvgIpc) is 2.83. The minimum atomic E-state index is -4.02. The maximum atomic E-state index is 12.1. The van der Waals surface area contributed by atoms with Crippen LogP contribution in [0.5, 0.6) is 0 Å². The van der Waals surface area contributed by atoms with Crippen LogP contribution >= 0.6 is 0 Å². The number of carboxylic acids is 1. The van der Waals surface area contributed by atoms with E-state index in [1.165, 1.54) is 4.90 Å². The molecule has 2 rings (SSSR count). The van der Waals surface area contributed by atoms with E-state index in [-0.39, 0.29) is 18.9 Å². The lowest BCUT2D eigenvalue weighted by molar-refractivity contribution is -0.132. The highest BCUT2D eigenvalue weighted by Crippen LogP contribution is 2.16. The molecule has 110 valence electrons. The van der Waals surface area contributed by atoms with Gasteiger partial charge in [0.05, 0.1) is 6.20 Å². The first-order valence-corrected chi connectivity index (χ1v) is 7.32. The molecule has 1 aromatic heterocycles. The highest BCUT2D eigenvalue weighted by Gasteiger charge is 2.30. The summed E-state index contributed by atoms with van der Waals surface area (Å²) >= 11 is 0. The molecule has 20 heavy (non-hydrogen) atoms. The number of hydrogen-bond acceptors (Lipinski definition) is 5. The second-order valence-corrected chi connectivity index (χ2v) is 6.20. The van der Waals surface area contributed by atoms with Crippen LogP contribution in [0, 0.1) is 0 Å². The Bertz CT molecular complexity index is 638. The van der Waals surface area contributed by atoms with Crippen molar-refractivity contribution >= 4 is 21.9 Å². The van der Waals surface area contributed by atoms with E-state index in [0.29, 0.717) is 6.42 Å². The zero-order chi connectivity index (χ0) is 14.9. The van der Waals surface area contributed by atoms with Crippen molar-refractivity contribution < 1.29 is 23.1 Å². The van der Waals surface area contributed by atoms with Crippen LogP contribution in [0.4, 0.5) is 0 Å². The molecule has 3 N–H and O–H groups in total. The third kappa shape index (κ3) is 2.80. The van der Waals surface area contributed by atoms with Gasteiger partial charge in [-0.25, -0.2) is 17.9 Å². The van der Waals surface area contributed by atoms with Crippen molar-refractivity contribution in [1.29, 1.82) is 0 Å². The molecule has 1 atom stereocenters. The summed E-state index contributed by atoms with van der Waals surface area (Å²) in [6.45, 7) is 0.245. The molecule has 0 radical (unpaired) electrons. The quantitative estimate of drug-likeness (QED) is 0.654. The fourth-order valence-electron chi connectivity index (χ4n) is 2.02. The number of likely N-dealkylation sites (tertiary alicyclic amines) is 1. The largest absolute Gasteiger partial charge is 0.478 e. The molecule has 1 aliphatic rings. The van der Waals surface area contributed by atoms with Crippen LogP contribution in [0.25, 0.3) is 0 Å². The van der Waals surface area contributed by atoms with Crippen molar-refractivity contribution in [2.75, 3.05) is 13.6 Å². The van der Waals surface area contributed by atoms with Gasteiger partial charge in [-0.15, -0.1) is 0 Å². The van der Waals surface area contributed by atoms with Gasteiger partial charge < -0.3 is 10.0 Å². The molecule has 2 heterocycles. The molecule has 0 aliphatic carbocycles. The van der Waals surface area contributed by atoms with Crippen LogP contribution in [0.15, 0.2) is 11.2 Å². The van der Waals surface area contributed by atoms with E-state index in [4.69, 9.17) is 5.11 Å². The molecule has 1 aromatic rings. The molecule has 0 bridgehead atoms. The van der Waals surface area contributed by atoms with Gasteiger partial charge in [0.1, 0.15) is 5.56 Å². The summed E-state index contributed by atoms with van der Waals surface area (Å²) in [6, 6.07) is -0.451. The van der Waals surface area contributed by atoms with Gasteiger partial charge in [-0.05, 0) is 6.42 Å². The van der Waals surface area contributed by atoms with Gasteiger partial charge in [0.2, 0.25) is 5.91 Å². The third-order valence-electron chi connectivity index (χ3n) is 3.05. The minimum Gasteiger partial charge on any atom is -0.478 e. The van der Waals surface area contributed by atoms with Gasteiger partial charge in [-0.2, -0.15) is 5.10 Å². The first-order valence-electron chi connectivity index (χ1n) is 5.84. The average molecular weight is 302 g/mol. The van der Waals surface area contributed by atoms with Crippen molar-refractivity contribution in [2.24, 2.45) is 0 Å². The summed E-state index contributed by atoms with van der Waals surface area (Å²) in [5.74, 6) is -1.43. The second kappa shape index (κ2) is 5.21. The number of amides is 1. The highest BCUT2D eigenvalue weighted by molar-refractivity contribution is 7.89. The maximum absolute atomic E-state index is 12.1. The number of rotatable bonds is 4. The molecule has 9 nitrogen and oxygen atoms in total. The molecule has 1 fully saturated rings. The van der Waals surface area contributed by atoms with Crippen molar-refractivity contribution in [3.8, 4) is 0 Å². The molecule has 1 aliphatic heterocycles. The van der Waals surface area contributed by atoms with Crippen LogP contribution < -0.4 is 4.72 Å². The number of carboxylic acid groups (broad SMARTS) is 1. The Balaban J connectivity index is 2.17. The van der Waals surface area contributed by atoms with Crippen molar-refractivity contribution in [3.05, 3.63) is 11.8 Å². The van der Waals surface area contributed by atoms with Crippen LogP contribution in [-0.4, -0.2) is 60.1 Å². The molecular formula is C10H14N4O5S. The molecule has 1 unspecified atom stereocenters. The van der Waals surface area contributed by atoms with Gasteiger partial charge in [0.25, 0.3) is 10.0 Å². The van der Waals surface area contributed by atoms with E-state index >= 15 is 0 Å². The zero-order valence-corrected chi connectivity index (χ0v) is 11.5. The van der Waals surface area contributed by atoms with Gasteiger partial charge in [0, 0.05) is 26.1 Å². The number of aromatic carboxylic acids is 1. The number of likely N-dealkylation sites (N-methyl/N-ethyl adjacent to an activating group) is 1. The van der Waals surface area contributed by atoms with Crippen LogP contribution in [-0.2, 0) is 14.8 Å². The number of carbonyl (C=O) groups is 2. The Labute approximate surface area is 115 Å². The van der Waals surface area contributed by atoms with Crippen LogP contribution in [0.2, 0.25) is 0 Å². The van der Waals surface area contributed by atoms with E-state index in [2.05, 4.69) is 14.9 Å². The van der Waals surface area contributed by atoms with Crippen molar-refractivity contribution in [3.63, 3.8) is 0 Å². The number of piperidine rings is 1. The number of aromatic amines is 1. The highest BCUT2D eigenvalue weighted by atomic mass is 32.2. The van der Waals surface area contributed by atoms with Crippen molar-refractivity contribution in [2.45, 2.75) is 23.9 Å². The van der Waals surface area contributed by atoms with Crippen LogP contribution in [0.1, 0.15) is 23.2 Å². The Morgan fingerprint density at radius 1 is 1.60 bits per heavy atom. The Morgan fingerprint density at radius 3 is 2.90 bits per heavy atom. The van der Waals surface area contributed by atoms with Crippen molar-refractivity contribution in [1.82, 2.24) is 19.8 Å². The standard InChI is InChI=1S/C10H14N4O5S/c1-14-5-6(2-3-8(14)15)13-20(18,19)9-7(10(16)17)4-11-12-9/h4,6,13H,2-3,5H2,1H3,(H,11,12)(H,16,17). The normalized spacial score (nSPS) is 20.1. The summed E-state index contributed by atoms with van der Waals surface area (Å²) in [6.07, 6.45) is 1.56. The van der Waals surface area contributed by atoms with Crippen LogP contribution in [0.3, 0.4) is 0 Å². The van der Waals surface area contributed by atoms with E-state index < -0.39 is 32.6 Å². The number of aromatic nitrogens is 2. The SMILES string of the molecule is CN1CC(NS(=O)(=O)c2[nH]ncc2C(=O)O)CCC1=O. The number of carbonyl (C=O) groups excluding carboxylic acids is 1. The second-order valence-electron chi connectivity index (χ2n) is 4.55. The number of sulfonamides is 1. The third-order valence-corrected chi connectivity index (χ3v) is 4.54. The maximum Gasteiger partial charge on any atom is 0.340 e. The predicted molar refractivity (Wildman–Crippen MR) is 66.5 cm³/mol. The Kier molecular flexibility index (Phi) is 3.77. The lowest BCUT2D eigenvalue weighted by Gasteiger charge is -2.29. The number of nitrogens with zero attached hydrogens (tertiary/aromatic N) is 2. The Morgan fingerprint density at radius 2 is 2.30 bits per heavy atom. The van der Waals surface area contributed by atoms with Gasteiger partial charge >= 0.3 is 5.97 Å². The fraction of sp³-hybridized carbons (Fsp3) is 0.500. The molecular weight excluding hydrogens is 288 g/mol. The molecule has 0 saturated carbocycles. The topological polar surface area (TPSA) is 132 Å². The number of H-pyrrole nitrogens is 1. The smallest absolute Gasteiger partial charge is 0.340 e. The molecule has 1 saturated heterocycles. The van der Waals surface area contributed by atoms with Gasteiger partial charge in [-0.3, -0.25) is 9.89 Å². The summed E-state index contributed by atoms with van der Waals surface area (Å²) in [5, 5.41) is 14.0. The van der Waals surface area contributed by atoms with E-state index in [0.717, 1.165) is 6.20 Å². The van der Waals surface area contributed by atoms with Gasteiger partial charge in [0.15, 0.2) is 5.03 Å². The summed E-state index contributed by atoms with van der Waals surface area (Å²) < 4.78 is 26.6. The number of nitrogens with one attached hydrogen (secondary N) is 2. The number of hydrogen-bond donors (Lipinski definition) is 3. The molecule has 0 aromatic carbocycles. The van der Waals surface area contributed by atoms with E-state index in [1.807, 2.05) is 0 Å². The van der Waals surface area contributed by atoms with E-state index in [9.17, 15) is 18.0 Å². The minimum absolute atomic E-state index is 0.0480. The summed E-state index contributed by atoms with van der Waals surface area (Å²) in [5.41, 5.74) is -0.419. The molecule has 10 heteroatoms. The molecule has 0 spiro atoms. The fourth-order valence-corrected chi connectivity index (χ4v) is 3.37. The lowest BCUT2D eigenvalue weighted by atomic mass is 10.1. The Hall–Kier alpha value is -1.94. The van der Waals surface area contributed by atoms with E-state index in [1.54, 1.807) is 7.05 Å². The first kappa shape index (κ1) is 14.5. The first-order chi connectivity index (χ1) is 9.31. The zero-order valence-electron chi connectivity index (χ0n) is 10.7.